The second-order valence-electron chi connectivity index (χ2n) is 6.28. The van der Waals surface area contributed by atoms with Crippen molar-refractivity contribution >= 4 is 11.8 Å². The molecule has 0 atom stereocenters. The minimum absolute atomic E-state index is 0.105. The zero-order valence-corrected chi connectivity index (χ0v) is 13.6. The zero-order chi connectivity index (χ0) is 16.2. The predicted octanol–water partition coefficient (Wildman–Crippen LogP) is 4.29. The van der Waals surface area contributed by atoms with Gasteiger partial charge in [-0.05, 0) is 47.6 Å². The molecule has 4 heteroatoms. The van der Waals surface area contributed by atoms with E-state index in [0.29, 0.717) is 11.5 Å². The molecule has 1 aliphatic rings. The lowest BCUT2D eigenvalue weighted by atomic mass is 9.76. The molecule has 0 unspecified atom stereocenters. The topological polar surface area (TPSA) is 51.0 Å². The lowest BCUT2D eigenvalue weighted by Gasteiger charge is -2.28. The third-order valence-electron chi connectivity index (χ3n) is 3.72. The summed E-state index contributed by atoms with van der Waals surface area (Å²) in [6, 6.07) is 5.80. The van der Waals surface area contributed by atoms with Gasteiger partial charge in [0.2, 0.25) is 0 Å². The molecule has 0 saturated carbocycles. The normalized spacial score (nSPS) is 19.3. The quantitative estimate of drug-likeness (QED) is 0.666. The fraction of sp³-hybridized carbons (Fsp3) is 0.389. The van der Waals surface area contributed by atoms with E-state index >= 15 is 0 Å². The second kappa shape index (κ2) is 6.69. The fourth-order valence-corrected chi connectivity index (χ4v) is 2.75. The maximum atomic E-state index is 9.04. The number of hydrogen-bond acceptors (Lipinski definition) is 4. The minimum atomic E-state index is 0.105. The van der Waals surface area contributed by atoms with Gasteiger partial charge in [0.15, 0.2) is 11.5 Å². The average Bonchev–Trinajstić information content (AvgIpc) is 2.51. The molecule has 1 aromatic rings. The van der Waals surface area contributed by atoms with Gasteiger partial charge < -0.3 is 14.7 Å². The van der Waals surface area contributed by atoms with Gasteiger partial charge in [0.25, 0.3) is 0 Å². The largest absolute Gasteiger partial charge is 0.493 e. The Morgan fingerprint density at radius 3 is 2.45 bits per heavy atom. The fourth-order valence-electron chi connectivity index (χ4n) is 2.75. The molecule has 1 aromatic carbocycles. The Bertz CT molecular complexity index is 627. The lowest BCUT2D eigenvalue weighted by Crippen LogP contribution is -2.21. The van der Waals surface area contributed by atoms with E-state index in [0.717, 1.165) is 29.7 Å². The first-order chi connectivity index (χ1) is 10.5. The van der Waals surface area contributed by atoms with Crippen LogP contribution >= 0.6 is 0 Å². The molecule has 4 nitrogen and oxygen atoms in total. The van der Waals surface area contributed by atoms with Gasteiger partial charge in [-0.15, -0.1) is 0 Å². The molecule has 0 saturated heterocycles. The predicted molar refractivity (Wildman–Crippen MR) is 88.9 cm³/mol. The Morgan fingerprint density at radius 2 is 1.82 bits per heavy atom. The molecule has 0 heterocycles. The first-order valence-corrected chi connectivity index (χ1v) is 7.29. The van der Waals surface area contributed by atoms with E-state index < -0.39 is 0 Å². The van der Waals surface area contributed by atoms with E-state index in [1.165, 1.54) is 0 Å². The van der Waals surface area contributed by atoms with Crippen molar-refractivity contribution in [3.8, 4) is 11.5 Å². The third kappa shape index (κ3) is 3.91. The summed E-state index contributed by atoms with van der Waals surface area (Å²) in [6.45, 7) is 4.35. The Morgan fingerprint density at radius 1 is 1.09 bits per heavy atom. The van der Waals surface area contributed by atoms with Crippen molar-refractivity contribution in [2.45, 2.75) is 26.7 Å². The summed E-state index contributed by atoms with van der Waals surface area (Å²) < 4.78 is 10.5. The van der Waals surface area contributed by atoms with Crippen LogP contribution in [0.4, 0.5) is 0 Å². The van der Waals surface area contributed by atoms with Crippen LogP contribution in [0.5, 0.6) is 11.5 Å². The highest BCUT2D eigenvalue weighted by molar-refractivity contribution is 5.97. The van der Waals surface area contributed by atoms with Crippen molar-refractivity contribution in [2.24, 2.45) is 10.6 Å². The highest BCUT2D eigenvalue weighted by atomic mass is 16.5. The standard InChI is InChI=1S/C18H23NO3/c1-18(2)11-14(9-15(12-18)19-20)6-5-13-7-8-16(21-3)17(10-13)22-4/h5-10,20H,11-12H2,1-4H3. The number of hydrogen-bond donors (Lipinski definition) is 1. The Hall–Kier alpha value is -2.23. The minimum Gasteiger partial charge on any atom is -0.493 e. The summed E-state index contributed by atoms with van der Waals surface area (Å²) in [5, 5.41) is 12.4. The van der Waals surface area contributed by atoms with Crippen LogP contribution in [0.3, 0.4) is 0 Å². The number of benzene rings is 1. The van der Waals surface area contributed by atoms with Crippen LogP contribution in [0, 0.1) is 5.41 Å². The number of allylic oxidation sites excluding steroid dienone is 3. The second-order valence-corrected chi connectivity index (χ2v) is 6.28. The molecule has 0 fully saturated rings. The van der Waals surface area contributed by atoms with E-state index in [4.69, 9.17) is 14.7 Å². The molecule has 2 rings (SSSR count). The van der Waals surface area contributed by atoms with Crippen LogP contribution in [0.15, 0.2) is 41.1 Å². The molecule has 1 N–H and O–H groups in total. The monoisotopic (exact) mass is 301 g/mol. The van der Waals surface area contributed by atoms with Crippen molar-refractivity contribution in [2.75, 3.05) is 14.2 Å². The van der Waals surface area contributed by atoms with Crippen LogP contribution < -0.4 is 9.47 Å². The van der Waals surface area contributed by atoms with Gasteiger partial charge in [-0.1, -0.05) is 37.2 Å². The summed E-state index contributed by atoms with van der Waals surface area (Å²) in [7, 11) is 3.25. The van der Waals surface area contributed by atoms with Gasteiger partial charge in [-0.25, -0.2) is 0 Å². The highest BCUT2D eigenvalue weighted by Crippen LogP contribution is 2.35. The van der Waals surface area contributed by atoms with Gasteiger partial charge in [-0.2, -0.15) is 0 Å². The molecule has 0 aliphatic heterocycles. The van der Waals surface area contributed by atoms with Gasteiger partial charge in [-0.3, -0.25) is 0 Å². The van der Waals surface area contributed by atoms with Crippen LogP contribution in [-0.4, -0.2) is 25.1 Å². The van der Waals surface area contributed by atoms with E-state index in [-0.39, 0.29) is 5.41 Å². The lowest BCUT2D eigenvalue weighted by molar-refractivity contribution is 0.308. The third-order valence-corrected chi connectivity index (χ3v) is 3.72. The maximum absolute atomic E-state index is 9.04. The van der Waals surface area contributed by atoms with Crippen LogP contribution in [-0.2, 0) is 0 Å². The molecule has 22 heavy (non-hydrogen) atoms. The SMILES string of the molecule is COc1ccc(C=CC2=CC(=NO)CC(C)(C)C2)cc1OC. The van der Waals surface area contributed by atoms with Gasteiger partial charge in [0.05, 0.1) is 19.9 Å². The number of ether oxygens (including phenoxy) is 2. The van der Waals surface area contributed by atoms with Crippen molar-refractivity contribution < 1.29 is 14.7 Å². The van der Waals surface area contributed by atoms with Crippen LogP contribution in [0.2, 0.25) is 0 Å². The average molecular weight is 301 g/mol. The molecule has 0 aromatic heterocycles. The van der Waals surface area contributed by atoms with Crippen molar-refractivity contribution in [3.63, 3.8) is 0 Å². The summed E-state index contributed by atoms with van der Waals surface area (Å²) in [5.74, 6) is 1.42. The van der Waals surface area contributed by atoms with Crippen molar-refractivity contribution in [3.05, 3.63) is 41.5 Å². The Kier molecular flexibility index (Phi) is 4.91. The summed E-state index contributed by atoms with van der Waals surface area (Å²) in [4.78, 5) is 0. The Balaban J connectivity index is 2.23. The molecule has 0 radical (unpaired) electrons. The molecule has 0 spiro atoms. The molecule has 1 aliphatic carbocycles. The number of nitrogens with zero attached hydrogens (tertiary/aromatic N) is 1. The Labute approximate surface area is 131 Å². The molecular formula is C18H23NO3. The van der Waals surface area contributed by atoms with E-state index in [9.17, 15) is 0 Å². The molecule has 0 bridgehead atoms. The van der Waals surface area contributed by atoms with Crippen molar-refractivity contribution in [1.29, 1.82) is 0 Å². The zero-order valence-electron chi connectivity index (χ0n) is 13.6. The summed E-state index contributed by atoms with van der Waals surface area (Å²) >= 11 is 0. The number of rotatable bonds is 4. The van der Waals surface area contributed by atoms with Gasteiger partial charge in [0.1, 0.15) is 0 Å². The van der Waals surface area contributed by atoms with Gasteiger partial charge >= 0.3 is 0 Å². The van der Waals surface area contributed by atoms with E-state index in [2.05, 4.69) is 25.1 Å². The van der Waals surface area contributed by atoms with Crippen LogP contribution in [0.25, 0.3) is 6.08 Å². The molecule has 0 amide bonds. The first-order valence-electron chi connectivity index (χ1n) is 7.29. The maximum Gasteiger partial charge on any atom is 0.161 e. The summed E-state index contributed by atoms with van der Waals surface area (Å²) in [5.41, 5.74) is 3.01. The first kappa shape index (κ1) is 16.1. The van der Waals surface area contributed by atoms with Gasteiger partial charge in [0, 0.05) is 0 Å². The van der Waals surface area contributed by atoms with E-state index in [1.807, 2.05) is 30.4 Å². The molecule has 118 valence electrons. The molecular weight excluding hydrogens is 278 g/mol. The van der Waals surface area contributed by atoms with Crippen LogP contribution in [0.1, 0.15) is 32.3 Å². The highest BCUT2D eigenvalue weighted by Gasteiger charge is 2.25. The smallest absolute Gasteiger partial charge is 0.161 e. The number of oxime groups is 1. The summed E-state index contributed by atoms with van der Waals surface area (Å²) in [6.07, 6.45) is 7.78. The van der Waals surface area contributed by atoms with Crippen molar-refractivity contribution in [1.82, 2.24) is 0 Å². The number of methoxy groups -OCH3 is 2. The van der Waals surface area contributed by atoms with E-state index in [1.54, 1.807) is 14.2 Å².